The summed E-state index contributed by atoms with van der Waals surface area (Å²) in [6.07, 6.45) is 3.96. The number of carbonyl (C=O) groups is 1. The summed E-state index contributed by atoms with van der Waals surface area (Å²) in [5, 5.41) is 3.20. The van der Waals surface area contributed by atoms with Crippen molar-refractivity contribution in [2.75, 3.05) is 6.54 Å². The highest BCUT2D eigenvalue weighted by atomic mass is 35.5. The lowest BCUT2D eigenvalue weighted by Crippen LogP contribution is -2.52. The molecule has 1 fully saturated rings. The van der Waals surface area contributed by atoms with Crippen molar-refractivity contribution >= 4 is 29.9 Å². The highest BCUT2D eigenvalue weighted by Crippen LogP contribution is 2.31. The van der Waals surface area contributed by atoms with E-state index in [1.807, 2.05) is 6.92 Å². The third-order valence-corrected chi connectivity index (χ3v) is 3.16. The molecule has 3 nitrogen and oxygen atoms in total. The molecule has 94 valence electrons. The zero-order valence-corrected chi connectivity index (χ0v) is 11.2. The monoisotopic (exact) mass is 266 g/mol. The largest absolute Gasteiger partial charge is 0.351 e. The molecule has 5 heteroatoms. The van der Waals surface area contributed by atoms with Gasteiger partial charge >= 0.3 is 0 Å². The molecule has 3 N–H and O–H groups in total. The van der Waals surface area contributed by atoms with Crippen LogP contribution in [0.25, 0.3) is 0 Å². The van der Waals surface area contributed by atoms with Gasteiger partial charge in [-0.25, -0.2) is 0 Å². The average molecular weight is 267 g/mol. The minimum Gasteiger partial charge on any atom is -0.351 e. The molecule has 0 radical (unpaired) electrons. The first-order chi connectivity index (χ1) is 6.93. The van der Waals surface area contributed by atoms with Gasteiger partial charge in [0.2, 0.25) is 5.91 Å². The molecular formula is C11H20Cl2N2O. The van der Waals surface area contributed by atoms with Gasteiger partial charge < -0.3 is 11.1 Å². The first kappa shape index (κ1) is 15.8. The number of hydrogen-bond acceptors (Lipinski definition) is 2. The van der Waals surface area contributed by atoms with Crippen LogP contribution in [0.5, 0.6) is 0 Å². The van der Waals surface area contributed by atoms with Crippen LogP contribution < -0.4 is 11.1 Å². The third-order valence-electron chi connectivity index (χ3n) is 3.03. The van der Waals surface area contributed by atoms with Gasteiger partial charge in [-0.05, 0) is 19.8 Å². The van der Waals surface area contributed by atoms with Crippen LogP contribution in [0.3, 0.4) is 0 Å². The van der Waals surface area contributed by atoms with E-state index in [9.17, 15) is 4.79 Å². The Kier molecular flexibility index (Phi) is 6.38. The smallest absolute Gasteiger partial charge is 0.225 e. The molecule has 1 rings (SSSR count). The summed E-state index contributed by atoms with van der Waals surface area (Å²) in [6.45, 7) is 5.80. The molecule has 16 heavy (non-hydrogen) atoms. The number of rotatable bonds is 3. The summed E-state index contributed by atoms with van der Waals surface area (Å²) in [4.78, 5) is 11.8. The van der Waals surface area contributed by atoms with Gasteiger partial charge in [0.05, 0.1) is 12.5 Å². The standard InChI is InChI=1S/C11H19ClN2O.ClH/c1-8(12)7-14-10(15)9-5-3-4-6-11(9,2)13;/h9H,1,3-7,13H2,2H3,(H,14,15);1H. The number of amides is 1. The van der Waals surface area contributed by atoms with E-state index in [-0.39, 0.29) is 29.8 Å². The Morgan fingerprint density at radius 3 is 2.75 bits per heavy atom. The van der Waals surface area contributed by atoms with Crippen molar-refractivity contribution in [3.63, 3.8) is 0 Å². The molecule has 1 aliphatic rings. The summed E-state index contributed by atoms with van der Waals surface area (Å²) in [5.41, 5.74) is 5.73. The van der Waals surface area contributed by atoms with Crippen molar-refractivity contribution in [2.45, 2.75) is 38.1 Å². The summed E-state index contributed by atoms with van der Waals surface area (Å²) in [7, 11) is 0. The maximum Gasteiger partial charge on any atom is 0.225 e. The SMILES string of the molecule is C=C(Cl)CNC(=O)C1CCCCC1(C)N.Cl. The number of carbonyl (C=O) groups excluding carboxylic acids is 1. The van der Waals surface area contributed by atoms with Gasteiger partial charge in [0.25, 0.3) is 0 Å². The number of nitrogens with one attached hydrogen (secondary N) is 1. The van der Waals surface area contributed by atoms with Crippen LogP contribution in [0.15, 0.2) is 11.6 Å². The van der Waals surface area contributed by atoms with Crippen LogP contribution in [0.2, 0.25) is 0 Å². The van der Waals surface area contributed by atoms with Crippen molar-refractivity contribution < 1.29 is 4.79 Å². The molecule has 0 aromatic rings. The third kappa shape index (κ3) is 4.32. The first-order valence-electron chi connectivity index (χ1n) is 5.33. The van der Waals surface area contributed by atoms with Crippen LogP contribution in [0, 0.1) is 5.92 Å². The predicted octanol–water partition coefficient (Wildman–Crippen LogP) is 2.18. The number of nitrogens with two attached hydrogens (primary N) is 1. The van der Waals surface area contributed by atoms with Gasteiger partial charge in [-0.2, -0.15) is 0 Å². The van der Waals surface area contributed by atoms with E-state index in [2.05, 4.69) is 11.9 Å². The maximum atomic E-state index is 11.8. The summed E-state index contributed by atoms with van der Waals surface area (Å²) in [6, 6.07) is 0. The lowest BCUT2D eigenvalue weighted by atomic mass is 9.74. The highest BCUT2D eigenvalue weighted by Gasteiger charge is 2.37. The fourth-order valence-corrected chi connectivity index (χ4v) is 2.16. The zero-order valence-electron chi connectivity index (χ0n) is 9.59. The zero-order chi connectivity index (χ0) is 11.5. The summed E-state index contributed by atoms with van der Waals surface area (Å²) < 4.78 is 0. The lowest BCUT2D eigenvalue weighted by Gasteiger charge is -2.37. The number of halogens is 2. The molecule has 0 spiro atoms. The average Bonchev–Trinajstić information content (AvgIpc) is 2.13. The molecule has 0 saturated heterocycles. The first-order valence-corrected chi connectivity index (χ1v) is 5.71. The van der Waals surface area contributed by atoms with E-state index in [0.717, 1.165) is 25.7 Å². The van der Waals surface area contributed by atoms with Gasteiger partial charge in [0, 0.05) is 10.6 Å². The lowest BCUT2D eigenvalue weighted by molar-refractivity contribution is -0.127. The van der Waals surface area contributed by atoms with Gasteiger partial charge in [0.1, 0.15) is 0 Å². The normalized spacial score (nSPS) is 29.1. The van der Waals surface area contributed by atoms with Crippen LogP contribution in [0.4, 0.5) is 0 Å². The van der Waals surface area contributed by atoms with Gasteiger partial charge in [-0.1, -0.05) is 31.0 Å². The molecule has 0 aliphatic heterocycles. The summed E-state index contributed by atoms with van der Waals surface area (Å²) >= 11 is 5.59. The van der Waals surface area contributed by atoms with Crippen molar-refractivity contribution in [3.8, 4) is 0 Å². The minimum atomic E-state index is -0.379. The van der Waals surface area contributed by atoms with Gasteiger partial charge in [-0.3, -0.25) is 4.79 Å². The quantitative estimate of drug-likeness (QED) is 0.823. The second-order valence-electron chi connectivity index (χ2n) is 4.54. The number of hydrogen-bond donors (Lipinski definition) is 2. The van der Waals surface area contributed by atoms with E-state index in [1.165, 1.54) is 0 Å². The Bertz CT molecular complexity index is 267. The Labute approximate surface area is 108 Å². The molecule has 0 heterocycles. The minimum absolute atomic E-state index is 0. The predicted molar refractivity (Wildman–Crippen MR) is 69.8 cm³/mol. The van der Waals surface area contributed by atoms with Crippen molar-refractivity contribution in [3.05, 3.63) is 11.6 Å². The van der Waals surface area contributed by atoms with Crippen molar-refractivity contribution in [2.24, 2.45) is 11.7 Å². The van der Waals surface area contributed by atoms with Crippen molar-refractivity contribution in [1.29, 1.82) is 0 Å². The van der Waals surface area contributed by atoms with E-state index in [4.69, 9.17) is 17.3 Å². The van der Waals surface area contributed by atoms with Crippen LogP contribution in [0.1, 0.15) is 32.6 Å². The van der Waals surface area contributed by atoms with Crippen LogP contribution in [-0.4, -0.2) is 18.0 Å². The highest BCUT2D eigenvalue weighted by molar-refractivity contribution is 6.29. The summed E-state index contributed by atoms with van der Waals surface area (Å²) in [5.74, 6) is -0.0937. The molecule has 2 unspecified atom stereocenters. The van der Waals surface area contributed by atoms with Gasteiger partial charge in [0.15, 0.2) is 0 Å². The molecule has 2 atom stereocenters. The van der Waals surface area contributed by atoms with Gasteiger partial charge in [-0.15, -0.1) is 12.4 Å². The molecule has 1 saturated carbocycles. The van der Waals surface area contributed by atoms with E-state index < -0.39 is 0 Å². The molecule has 0 bridgehead atoms. The second kappa shape index (κ2) is 6.48. The molecular weight excluding hydrogens is 247 g/mol. The van der Waals surface area contributed by atoms with E-state index in [1.54, 1.807) is 0 Å². The fourth-order valence-electron chi connectivity index (χ4n) is 2.10. The maximum absolute atomic E-state index is 11.8. The Hall–Kier alpha value is -0.250. The Morgan fingerprint density at radius 2 is 2.25 bits per heavy atom. The topological polar surface area (TPSA) is 55.1 Å². The molecule has 1 aliphatic carbocycles. The fraction of sp³-hybridized carbons (Fsp3) is 0.727. The van der Waals surface area contributed by atoms with E-state index in [0.29, 0.717) is 11.6 Å². The Balaban J connectivity index is 0.00000225. The molecule has 0 aromatic carbocycles. The molecule has 0 aromatic heterocycles. The van der Waals surface area contributed by atoms with Crippen LogP contribution >= 0.6 is 24.0 Å². The van der Waals surface area contributed by atoms with Crippen LogP contribution in [-0.2, 0) is 4.79 Å². The second-order valence-corrected chi connectivity index (χ2v) is 5.07. The molecule has 1 amide bonds. The van der Waals surface area contributed by atoms with E-state index >= 15 is 0 Å². The van der Waals surface area contributed by atoms with Crippen molar-refractivity contribution in [1.82, 2.24) is 5.32 Å². The Morgan fingerprint density at radius 1 is 1.62 bits per heavy atom.